The third kappa shape index (κ3) is 10.5. The van der Waals surface area contributed by atoms with Crippen molar-refractivity contribution < 1.29 is 33.3 Å². The van der Waals surface area contributed by atoms with Crippen LogP contribution in [0.25, 0.3) is 10.4 Å². The molecule has 1 aliphatic heterocycles. The number of azide groups is 1. The van der Waals surface area contributed by atoms with Gasteiger partial charge in [0.2, 0.25) is 5.91 Å². The lowest BCUT2D eigenvalue weighted by atomic mass is 10.4. The van der Waals surface area contributed by atoms with Gasteiger partial charge in [-0.3, -0.25) is 19.3 Å². The minimum Gasteiger partial charge on any atom is -0.379 e. The summed E-state index contributed by atoms with van der Waals surface area (Å²) in [4.78, 5) is 38.9. The summed E-state index contributed by atoms with van der Waals surface area (Å²) in [5.41, 5.74) is 8.08. The summed E-state index contributed by atoms with van der Waals surface area (Å²) in [5, 5.41) is 5.91. The van der Waals surface area contributed by atoms with Crippen molar-refractivity contribution in [3.63, 3.8) is 0 Å². The number of halogens is 2. The fraction of sp³-hybridized carbons (Fsp3) is 0.688. The van der Waals surface area contributed by atoms with Gasteiger partial charge in [0, 0.05) is 18.0 Å². The number of hydrogen-bond acceptors (Lipinski definition) is 8. The average Bonchev–Trinajstić information content (AvgIpc) is 2.91. The number of hydrogen-bond donors (Lipinski definition) is 1. The molecule has 1 aliphatic rings. The maximum atomic E-state index is 11.8. The minimum atomic E-state index is -0.558. The Bertz CT molecular complexity index is 646. The molecule has 3 amide bonds. The molecular formula is C16H23Br2N5O7. The molecule has 168 valence electrons. The SMILES string of the molecule is [N-]=[N+]=NCCOCCOCCOCCOCCNC(=O)CN1C(=O)C(Br)=C(Br)C1=O. The molecule has 30 heavy (non-hydrogen) atoms. The Kier molecular flexibility index (Phi) is 14.3. The fourth-order valence-electron chi connectivity index (χ4n) is 2.03. The van der Waals surface area contributed by atoms with Gasteiger partial charge in [0.25, 0.3) is 11.8 Å². The normalized spacial score (nSPS) is 13.7. The van der Waals surface area contributed by atoms with Gasteiger partial charge in [0.15, 0.2) is 0 Å². The molecule has 0 radical (unpaired) electrons. The Hall–Kier alpha value is -1.54. The number of ether oxygens (including phenoxy) is 4. The largest absolute Gasteiger partial charge is 0.379 e. The third-order valence-corrected chi connectivity index (χ3v) is 5.45. The molecule has 0 aliphatic carbocycles. The lowest BCUT2D eigenvalue weighted by Gasteiger charge is -2.14. The Labute approximate surface area is 190 Å². The Morgan fingerprint density at radius 3 is 1.87 bits per heavy atom. The molecule has 1 N–H and O–H groups in total. The second-order valence-corrected chi connectivity index (χ2v) is 7.16. The van der Waals surface area contributed by atoms with Gasteiger partial charge in [-0.1, -0.05) is 5.11 Å². The minimum absolute atomic E-state index is 0.101. The van der Waals surface area contributed by atoms with E-state index < -0.39 is 17.7 Å². The highest BCUT2D eigenvalue weighted by Gasteiger charge is 2.36. The van der Waals surface area contributed by atoms with Crippen LogP contribution in [0.5, 0.6) is 0 Å². The summed E-state index contributed by atoms with van der Waals surface area (Å²) in [5.74, 6) is -1.58. The van der Waals surface area contributed by atoms with Gasteiger partial charge in [0.1, 0.15) is 15.5 Å². The number of nitrogens with zero attached hydrogens (tertiary/aromatic N) is 4. The Balaban J connectivity index is 1.89. The average molecular weight is 557 g/mol. The van der Waals surface area contributed by atoms with E-state index in [2.05, 4.69) is 47.2 Å². The van der Waals surface area contributed by atoms with Crippen LogP contribution in [0.1, 0.15) is 0 Å². The predicted molar refractivity (Wildman–Crippen MR) is 112 cm³/mol. The van der Waals surface area contributed by atoms with Crippen molar-refractivity contribution in [2.75, 3.05) is 72.5 Å². The van der Waals surface area contributed by atoms with Gasteiger partial charge < -0.3 is 24.3 Å². The van der Waals surface area contributed by atoms with Crippen LogP contribution in [-0.2, 0) is 33.3 Å². The smallest absolute Gasteiger partial charge is 0.269 e. The molecule has 1 heterocycles. The van der Waals surface area contributed by atoms with E-state index in [-0.39, 0.29) is 28.7 Å². The number of carbonyl (C=O) groups is 3. The first-order valence-corrected chi connectivity index (χ1v) is 10.6. The summed E-state index contributed by atoms with van der Waals surface area (Å²) in [6.07, 6.45) is 0. The molecule has 0 aromatic carbocycles. The van der Waals surface area contributed by atoms with Gasteiger partial charge >= 0.3 is 0 Å². The van der Waals surface area contributed by atoms with Crippen LogP contribution < -0.4 is 5.32 Å². The predicted octanol–water partition coefficient (Wildman–Crippen LogP) is 0.850. The highest BCUT2D eigenvalue weighted by atomic mass is 79.9. The van der Waals surface area contributed by atoms with Gasteiger partial charge in [-0.25, -0.2) is 0 Å². The van der Waals surface area contributed by atoms with Gasteiger partial charge in [-0.05, 0) is 37.4 Å². The number of imide groups is 1. The lowest BCUT2D eigenvalue weighted by molar-refractivity contribution is -0.141. The highest BCUT2D eigenvalue weighted by molar-refractivity contribution is 9.14. The van der Waals surface area contributed by atoms with E-state index >= 15 is 0 Å². The molecule has 0 bridgehead atoms. The zero-order chi connectivity index (χ0) is 22.2. The molecule has 0 atom stereocenters. The summed E-state index contributed by atoms with van der Waals surface area (Å²) in [6, 6.07) is 0. The van der Waals surface area contributed by atoms with E-state index in [0.29, 0.717) is 52.8 Å². The third-order valence-electron chi connectivity index (χ3n) is 3.44. The van der Waals surface area contributed by atoms with Gasteiger partial charge in [-0.2, -0.15) is 0 Å². The van der Waals surface area contributed by atoms with Crippen LogP contribution in [0.2, 0.25) is 0 Å². The van der Waals surface area contributed by atoms with E-state index in [1.807, 2.05) is 0 Å². The van der Waals surface area contributed by atoms with Crippen LogP contribution in [0, 0.1) is 0 Å². The molecular weight excluding hydrogens is 534 g/mol. The first-order valence-electron chi connectivity index (χ1n) is 8.99. The summed E-state index contributed by atoms with van der Waals surface area (Å²) in [7, 11) is 0. The van der Waals surface area contributed by atoms with Crippen LogP contribution in [0.3, 0.4) is 0 Å². The maximum Gasteiger partial charge on any atom is 0.269 e. The molecule has 0 fully saturated rings. The lowest BCUT2D eigenvalue weighted by Crippen LogP contribution is -2.41. The molecule has 14 heteroatoms. The first kappa shape index (κ1) is 26.5. The molecule has 0 saturated carbocycles. The van der Waals surface area contributed by atoms with E-state index in [1.54, 1.807) is 0 Å². The molecule has 0 spiro atoms. The topological polar surface area (TPSA) is 152 Å². The van der Waals surface area contributed by atoms with E-state index in [1.165, 1.54) is 0 Å². The Morgan fingerprint density at radius 1 is 0.900 bits per heavy atom. The van der Waals surface area contributed by atoms with Crippen molar-refractivity contribution in [3.05, 3.63) is 19.4 Å². The van der Waals surface area contributed by atoms with E-state index in [0.717, 1.165) is 4.90 Å². The first-order chi connectivity index (χ1) is 14.5. The fourth-order valence-corrected chi connectivity index (χ4v) is 2.80. The molecule has 0 unspecified atom stereocenters. The summed E-state index contributed by atoms with van der Waals surface area (Å²) in [6.45, 7) is 3.23. The maximum absolute atomic E-state index is 11.8. The van der Waals surface area contributed by atoms with Crippen LogP contribution in [-0.4, -0.2) is 95.1 Å². The van der Waals surface area contributed by atoms with Crippen LogP contribution in [0.4, 0.5) is 0 Å². The highest BCUT2D eigenvalue weighted by Crippen LogP contribution is 2.28. The number of nitrogens with one attached hydrogen (secondary N) is 1. The van der Waals surface area contributed by atoms with E-state index in [4.69, 9.17) is 24.5 Å². The van der Waals surface area contributed by atoms with Crippen molar-refractivity contribution in [1.29, 1.82) is 0 Å². The van der Waals surface area contributed by atoms with Gasteiger partial charge in [0.05, 0.1) is 52.9 Å². The molecule has 1 rings (SSSR count). The summed E-state index contributed by atoms with van der Waals surface area (Å²) >= 11 is 5.99. The van der Waals surface area contributed by atoms with Crippen molar-refractivity contribution >= 4 is 49.6 Å². The monoisotopic (exact) mass is 555 g/mol. The van der Waals surface area contributed by atoms with Gasteiger partial charge in [-0.15, -0.1) is 0 Å². The second-order valence-electron chi connectivity index (χ2n) is 5.58. The Morgan fingerprint density at radius 2 is 1.37 bits per heavy atom. The van der Waals surface area contributed by atoms with Crippen molar-refractivity contribution in [1.82, 2.24) is 10.2 Å². The van der Waals surface area contributed by atoms with Crippen molar-refractivity contribution in [2.24, 2.45) is 5.11 Å². The number of amides is 3. The van der Waals surface area contributed by atoms with E-state index in [9.17, 15) is 14.4 Å². The molecule has 12 nitrogen and oxygen atoms in total. The summed E-state index contributed by atoms with van der Waals surface area (Å²) < 4.78 is 21.3. The molecule has 0 aromatic rings. The van der Waals surface area contributed by atoms with Crippen LogP contribution >= 0.6 is 31.9 Å². The zero-order valence-electron chi connectivity index (χ0n) is 16.2. The zero-order valence-corrected chi connectivity index (χ0v) is 19.4. The second kappa shape index (κ2) is 16.2. The van der Waals surface area contributed by atoms with Crippen LogP contribution in [0.15, 0.2) is 14.1 Å². The molecule has 0 aromatic heterocycles. The standard InChI is InChI=1S/C16H23Br2N5O7/c17-13-14(18)16(26)23(15(13)25)11-12(24)20-1-3-27-5-7-29-9-10-30-8-6-28-4-2-21-22-19/h1-11H2,(H,20,24). The quantitative estimate of drug-likeness (QED) is 0.0916. The number of carbonyl (C=O) groups excluding carboxylic acids is 3. The van der Waals surface area contributed by atoms with Crippen molar-refractivity contribution in [2.45, 2.75) is 0 Å². The molecule has 0 saturated heterocycles. The number of rotatable bonds is 17. The van der Waals surface area contributed by atoms with Crippen molar-refractivity contribution in [3.8, 4) is 0 Å².